The number of nitrogens with zero attached hydrogens (tertiary/aromatic N) is 2. The molecule has 6 nitrogen and oxygen atoms in total. The highest BCUT2D eigenvalue weighted by Crippen LogP contribution is 2.11. The van der Waals surface area contributed by atoms with E-state index in [9.17, 15) is 9.59 Å². The number of aromatic nitrogens is 2. The zero-order valence-electron chi connectivity index (χ0n) is 13.9. The summed E-state index contributed by atoms with van der Waals surface area (Å²) in [7, 11) is 0. The van der Waals surface area contributed by atoms with Gasteiger partial charge in [-0.25, -0.2) is 4.98 Å². The van der Waals surface area contributed by atoms with E-state index < -0.39 is 6.04 Å². The molecule has 0 aliphatic carbocycles. The number of nitrogens with two attached hydrogens (primary N) is 1. The molecule has 1 amide bonds. The summed E-state index contributed by atoms with van der Waals surface area (Å²) in [4.78, 5) is 33.4. The van der Waals surface area contributed by atoms with E-state index in [1.54, 1.807) is 23.1 Å². The van der Waals surface area contributed by atoms with Gasteiger partial charge in [-0.1, -0.05) is 32.4 Å². The van der Waals surface area contributed by atoms with Gasteiger partial charge in [0.2, 0.25) is 5.91 Å². The minimum absolute atomic E-state index is 0.111. The van der Waals surface area contributed by atoms with Gasteiger partial charge in [-0.15, -0.1) is 0 Å². The van der Waals surface area contributed by atoms with Crippen molar-refractivity contribution in [2.24, 2.45) is 11.7 Å². The van der Waals surface area contributed by atoms with Gasteiger partial charge >= 0.3 is 0 Å². The summed E-state index contributed by atoms with van der Waals surface area (Å²) in [6.07, 6.45) is 0.843. The molecular formula is C17H24N4O2. The van der Waals surface area contributed by atoms with E-state index >= 15 is 0 Å². The SMILES string of the molecule is CCC(C)C(N)C(=O)N(CC)Cc1nc2ccccc2c(=O)[nH]1. The van der Waals surface area contributed by atoms with Crippen LogP contribution < -0.4 is 11.3 Å². The molecule has 0 saturated heterocycles. The molecule has 2 atom stereocenters. The molecule has 3 N–H and O–H groups in total. The Labute approximate surface area is 135 Å². The van der Waals surface area contributed by atoms with Crippen LogP contribution in [0.15, 0.2) is 29.1 Å². The van der Waals surface area contributed by atoms with Crippen LogP contribution in [0, 0.1) is 5.92 Å². The Morgan fingerprint density at radius 1 is 1.35 bits per heavy atom. The topological polar surface area (TPSA) is 92.1 Å². The summed E-state index contributed by atoms with van der Waals surface area (Å²) in [6, 6.07) is 6.61. The Balaban J connectivity index is 2.25. The molecule has 0 radical (unpaired) electrons. The molecule has 1 aromatic heterocycles. The van der Waals surface area contributed by atoms with Crippen molar-refractivity contribution in [2.45, 2.75) is 39.8 Å². The average molecular weight is 316 g/mol. The van der Waals surface area contributed by atoms with Crippen molar-refractivity contribution in [1.82, 2.24) is 14.9 Å². The Bertz CT molecular complexity index is 741. The van der Waals surface area contributed by atoms with Crippen LogP contribution in [0.4, 0.5) is 0 Å². The second-order valence-electron chi connectivity index (χ2n) is 5.79. The van der Waals surface area contributed by atoms with E-state index in [0.29, 0.717) is 23.3 Å². The van der Waals surface area contributed by atoms with E-state index in [2.05, 4.69) is 9.97 Å². The monoisotopic (exact) mass is 316 g/mol. The average Bonchev–Trinajstić information content (AvgIpc) is 2.57. The Kier molecular flexibility index (Phi) is 5.50. The zero-order valence-corrected chi connectivity index (χ0v) is 13.9. The summed E-state index contributed by atoms with van der Waals surface area (Å²) in [5.74, 6) is 0.470. The first-order valence-electron chi connectivity index (χ1n) is 8.00. The molecule has 0 aliphatic heterocycles. The van der Waals surface area contributed by atoms with Gasteiger partial charge in [0.25, 0.3) is 5.56 Å². The van der Waals surface area contributed by atoms with E-state index in [1.165, 1.54) is 0 Å². The molecule has 0 fully saturated rings. The number of rotatable bonds is 6. The van der Waals surface area contributed by atoms with Gasteiger partial charge < -0.3 is 15.6 Å². The van der Waals surface area contributed by atoms with Gasteiger partial charge in [0, 0.05) is 6.54 Å². The molecule has 0 saturated carbocycles. The molecule has 0 aliphatic rings. The number of H-pyrrole nitrogens is 1. The summed E-state index contributed by atoms with van der Waals surface area (Å²) in [6.45, 7) is 6.63. The third kappa shape index (κ3) is 3.76. The van der Waals surface area contributed by atoms with Crippen molar-refractivity contribution in [3.63, 3.8) is 0 Å². The quantitative estimate of drug-likeness (QED) is 0.847. The maximum Gasteiger partial charge on any atom is 0.258 e. The van der Waals surface area contributed by atoms with Crippen molar-refractivity contribution < 1.29 is 4.79 Å². The molecular weight excluding hydrogens is 292 g/mol. The maximum absolute atomic E-state index is 12.5. The number of nitrogens with one attached hydrogen (secondary N) is 1. The van der Waals surface area contributed by atoms with E-state index in [0.717, 1.165) is 6.42 Å². The number of fused-ring (bicyclic) bond motifs is 1. The van der Waals surface area contributed by atoms with Crippen LogP contribution in [0.2, 0.25) is 0 Å². The number of aromatic amines is 1. The molecule has 0 spiro atoms. The lowest BCUT2D eigenvalue weighted by Gasteiger charge is -2.26. The van der Waals surface area contributed by atoms with Crippen LogP contribution in [-0.4, -0.2) is 33.4 Å². The molecule has 23 heavy (non-hydrogen) atoms. The van der Waals surface area contributed by atoms with E-state index in [-0.39, 0.29) is 23.9 Å². The number of amides is 1. The number of para-hydroxylation sites is 1. The summed E-state index contributed by atoms with van der Waals surface area (Å²) in [5, 5.41) is 0.543. The predicted octanol–water partition coefficient (Wildman–Crippen LogP) is 1.64. The number of benzene rings is 1. The van der Waals surface area contributed by atoms with Crippen LogP contribution >= 0.6 is 0 Å². The number of hydrogen-bond acceptors (Lipinski definition) is 4. The van der Waals surface area contributed by atoms with Crippen LogP contribution in [0.3, 0.4) is 0 Å². The highest BCUT2D eigenvalue weighted by Gasteiger charge is 2.24. The van der Waals surface area contributed by atoms with Crippen LogP contribution in [-0.2, 0) is 11.3 Å². The van der Waals surface area contributed by atoms with Crippen LogP contribution in [0.1, 0.15) is 33.0 Å². The first-order chi connectivity index (χ1) is 11.0. The van der Waals surface area contributed by atoms with Gasteiger partial charge in [0.15, 0.2) is 0 Å². The molecule has 6 heteroatoms. The molecule has 1 aromatic carbocycles. The fourth-order valence-corrected chi connectivity index (χ4v) is 2.44. The van der Waals surface area contributed by atoms with Gasteiger partial charge in [-0.3, -0.25) is 9.59 Å². The maximum atomic E-state index is 12.5. The van der Waals surface area contributed by atoms with Crippen molar-refractivity contribution in [1.29, 1.82) is 0 Å². The standard InChI is InChI=1S/C17H24N4O2/c1-4-11(3)15(18)17(23)21(5-2)10-14-19-13-9-7-6-8-12(13)16(22)20-14/h6-9,11,15H,4-5,10,18H2,1-3H3,(H,19,20,22). The van der Waals surface area contributed by atoms with Gasteiger partial charge in [-0.05, 0) is 25.0 Å². The number of likely N-dealkylation sites (N-methyl/N-ethyl adjacent to an activating group) is 1. The largest absolute Gasteiger partial charge is 0.334 e. The fraction of sp³-hybridized carbons (Fsp3) is 0.471. The second kappa shape index (κ2) is 7.37. The molecule has 2 aromatic rings. The third-order valence-corrected chi connectivity index (χ3v) is 4.24. The van der Waals surface area contributed by atoms with Gasteiger partial charge in [0.1, 0.15) is 5.82 Å². The summed E-state index contributed by atoms with van der Waals surface area (Å²) >= 11 is 0. The van der Waals surface area contributed by atoms with E-state index in [4.69, 9.17) is 5.73 Å². The molecule has 2 rings (SSSR count). The van der Waals surface area contributed by atoms with Crippen molar-refractivity contribution >= 4 is 16.8 Å². The van der Waals surface area contributed by atoms with Crippen LogP contribution in [0.25, 0.3) is 10.9 Å². The van der Waals surface area contributed by atoms with Gasteiger partial charge in [-0.2, -0.15) is 0 Å². The summed E-state index contributed by atoms with van der Waals surface area (Å²) < 4.78 is 0. The summed E-state index contributed by atoms with van der Waals surface area (Å²) in [5.41, 5.74) is 6.47. The molecule has 2 unspecified atom stereocenters. The second-order valence-corrected chi connectivity index (χ2v) is 5.79. The number of carbonyl (C=O) groups is 1. The van der Waals surface area contributed by atoms with Crippen molar-refractivity contribution in [2.75, 3.05) is 6.54 Å². The normalized spacial score (nSPS) is 13.7. The minimum Gasteiger partial charge on any atom is -0.334 e. The lowest BCUT2D eigenvalue weighted by atomic mass is 9.99. The van der Waals surface area contributed by atoms with Crippen molar-refractivity contribution in [3.8, 4) is 0 Å². The van der Waals surface area contributed by atoms with Gasteiger partial charge in [0.05, 0.1) is 23.5 Å². The lowest BCUT2D eigenvalue weighted by molar-refractivity contribution is -0.134. The number of carbonyl (C=O) groups excluding carboxylic acids is 1. The van der Waals surface area contributed by atoms with Crippen LogP contribution in [0.5, 0.6) is 0 Å². The highest BCUT2D eigenvalue weighted by atomic mass is 16.2. The third-order valence-electron chi connectivity index (χ3n) is 4.24. The highest BCUT2D eigenvalue weighted by molar-refractivity contribution is 5.82. The Morgan fingerprint density at radius 3 is 2.70 bits per heavy atom. The lowest BCUT2D eigenvalue weighted by Crippen LogP contribution is -2.47. The smallest absolute Gasteiger partial charge is 0.258 e. The predicted molar refractivity (Wildman–Crippen MR) is 90.9 cm³/mol. The fourth-order valence-electron chi connectivity index (χ4n) is 2.44. The first-order valence-corrected chi connectivity index (χ1v) is 8.00. The first kappa shape index (κ1) is 17.1. The minimum atomic E-state index is -0.535. The molecule has 124 valence electrons. The Hall–Kier alpha value is -2.21. The number of hydrogen-bond donors (Lipinski definition) is 2. The van der Waals surface area contributed by atoms with Crippen molar-refractivity contribution in [3.05, 3.63) is 40.4 Å². The molecule has 1 heterocycles. The molecule has 0 bridgehead atoms. The zero-order chi connectivity index (χ0) is 17.0. The Morgan fingerprint density at radius 2 is 2.04 bits per heavy atom. The van der Waals surface area contributed by atoms with E-state index in [1.807, 2.05) is 26.8 Å².